The fraction of sp³-hybridized carbons (Fsp3) is 0.778. The van der Waals surface area contributed by atoms with Gasteiger partial charge in [0.25, 0.3) is 0 Å². The molecule has 0 aromatic rings. The zero-order chi connectivity index (χ0) is 24.4. The lowest BCUT2D eigenvalue weighted by atomic mass is 10.0. The lowest BCUT2D eigenvalue weighted by Gasteiger charge is -2.11. The Morgan fingerprint density at radius 3 is 1.43 bits per heavy atom. The summed E-state index contributed by atoms with van der Waals surface area (Å²) in [5.74, 6) is -2.80. The molecule has 0 fully saturated rings. The van der Waals surface area contributed by atoms with Crippen LogP contribution in [0.5, 0.6) is 0 Å². The van der Waals surface area contributed by atoms with E-state index < -0.39 is 36.0 Å². The number of carbonyl (C=O) groups is 3. The maximum Gasteiger partial charge on any atom is 0.320 e. The lowest BCUT2D eigenvalue weighted by molar-refractivity contribution is -0.140. The van der Waals surface area contributed by atoms with E-state index in [2.05, 4.69) is 5.32 Å². The molecule has 12 heteroatoms. The van der Waals surface area contributed by atoms with Gasteiger partial charge < -0.3 is 43.6 Å². The summed E-state index contributed by atoms with van der Waals surface area (Å²) < 4.78 is 0. The second-order valence-electron chi connectivity index (χ2n) is 6.93. The maximum absolute atomic E-state index is 10.2. The molecule has 178 valence electrons. The van der Waals surface area contributed by atoms with Crippen molar-refractivity contribution in [1.29, 1.82) is 5.41 Å². The number of aliphatic carboxylic acids is 3. The molecule has 30 heavy (non-hydrogen) atoms. The van der Waals surface area contributed by atoms with Crippen LogP contribution in [0.2, 0.25) is 0 Å². The number of nitrogens with two attached hydrogens (primary N) is 4. The third kappa shape index (κ3) is 18.9. The summed E-state index contributed by atoms with van der Waals surface area (Å²) in [5, 5.41) is 34.4. The SMILES string of the molecule is CCC(C)C(N)C(=O)O.CCC(C)C(N)C(=O)O.N=C(N)NCCCC(N)C(=O)O. The van der Waals surface area contributed by atoms with E-state index in [9.17, 15) is 14.4 Å². The van der Waals surface area contributed by atoms with Crippen LogP contribution < -0.4 is 28.3 Å². The Morgan fingerprint density at radius 1 is 0.867 bits per heavy atom. The molecule has 0 saturated heterocycles. The first-order valence-electron chi connectivity index (χ1n) is 9.75. The number of guanidine groups is 1. The van der Waals surface area contributed by atoms with E-state index in [0.717, 1.165) is 12.8 Å². The number of hydrogen-bond acceptors (Lipinski definition) is 7. The Morgan fingerprint density at radius 2 is 1.23 bits per heavy atom. The Labute approximate surface area is 177 Å². The molecular formula is C18H40N6O6. The average Bonchev–Trinajstić information content (AvgIpc) is 2.68. The van der Waals surface area contributed by atoms with Gasteiger partial charge in [-0.05, 0) is 24.7 Å². The summed E-state index contributed by atoms with van der Waals surface area (Å²) in [6.07, 6.45) is 2.60. The predicted octanol–water partition coefficient (Wildman–Crippen LogP) is -0.450. The molecule has 0 aliphatic carbocycles. The van der Waals surface area contributed by atoms with Crippen LogP contribution in [0.1, 0.15) is 53.4 Å². The van der Waals surface area contributed by atoms with E-state index in [0.29, 0.717) is 19.4 Å². The van der Waals surface area contributed by atoms with Crippen LogP contribution in [0.15, 0.2) is 0 Å². The van der Waals surface area contributed by atoms with Crippen molar-refractivity contribution in [1.82, 2.24) is 5.32 Å². The summed E-state index contributed by atoms with van der Waals surface area (Å²) in [7, 11) is 0. The topological polar surface area (TPSA) is 252 Å². The highest BCUT2D eigenvalue weighted by molar-refractivity contribution is 5.74. The summed E-state index contributed by atoms with van der Waals surface area (Å²) in [6, 6.07) is -2.22. The molecule has 0 saturated carbocycles. The van der Waals surface area contributed by atoms with Crippen LogP contribution in [0.25, 0.3) is 0 Å². The molecule has 13 N–H and O–H groups in total. The number of carboxylic acids is 3. The van der Waals surface area contributed by atoms with Crippen LogP contribution in [0.4, 0.5) is 0 Å². The third-order valence-electron chi connectivity index (χ3n) is 4.41. The average molecular weight is 437 g/mol. The van der Waals surface area contributed by atoms with Crippen LogP contribution in [0, 0.1) is 17.2 Å². The van der Waals surface area contributed by atoms with E-state index in [1.807, 2.05) is 27.7 Å². The standard InChI is InChI=1S/C6H14N4O2.2C6H13NO2/c7-4(5(11)12)2-1-3-10-6(8)9;2*1-3-4(2)5(7)6(8)9/h4H,1-3,7H2,(H,11,12)(H4,8,9,10);2*4-5H,3,7H2,1-2H3,(H,8,9). The molecule has 0 aromatic heterocycles. The van der Waals surface area contributed by atoms with Gasteiger partial charge in [0.2, 0.25) is 0 Å². The van der Waals surface area contributed by atoms with Crippen LogP contribution in [-0.2, 0) is 14.4 Å². The summed E-state index contributed by atoms with van der Waals surface area (Å²) in [5.41, 5.74) is 20.8. The number of nitrogens with one attached hydrogen (secondary N) is 2. The summed E-state index contributed by atoms with van der Waals surface area (Å²) >= 11 is 0. The van der Waals surface area contributed by atoms with Crippen LogP contribution >= 0.6 is 0 Å². The Kier molecular flexibility index (Phi) is 20.0. The fourth-order valence-corrected chi connectivity index (χ4v) is 1.66. The second kappa shape index (κ2) is 18.6. The summed E-state index contributed by atoms with van der Waals surface area (Å²) in [6.45, 7) is 7.99. The molecule has 0 amide bonds. The molecule has 12 nitrogen and oxygen atoms in total. The minimum atomic E-state index is -1.00. The second-order valence-corrected chi connectivity index (χ2v) is 6.93. The van der Waals surface area contributed by atoms with E-state index >= 15 is 0 Å². The molecular weight excluding hydrogens is 396 g/mol. The highest BCUT2D eigenvalue weighted by Gasteiger charge is 2.18. The first kappa shape index (κ1) is 32.2. The minimum absolute atomic E-state index is 0.0718. The third-order valence-corrected chi connectivity index (χ3v) is 4.41. The molecule has 0 radical (unpaired) electrons. The van der Waals surface area contributed by atoms with E-state index in [1.54, 1.807) is 0 Å². The highest BCUT2D eigenvalue weighted by Crippen LogP contribution is 2.04. The zero-order valence-corrected chi connectivity index (χ0v) is 18.3. The van der Waals surface area contributed by atoms with Crippen LogP contribution in [-0.4, -0.2) is 63.9 Å². The van der Waals surface area contributed by atoms with Gasteiger partial charge >= 0.3 is 17.9 Å². The van der Waals surface area contributed by atoms with Crippen molar-refractivity contribution in [3.63, 3.8) is 0 Å². The monoisotopic (exact) mass is 436 g/mol. The largest absolute Gasteiger partial charge is 0.480 e. The summed E-state index contributed by atoms with van der Waals surface area (Å²) in [4.78, 5) is 30.6. The molecule has 0 bridgehead atoms. The van der Waals surface area contributed by atoms with Crippen molar-refractivity contribution in [2.75, 3.05) is 6.54 Å². The highest BCUT2D eigenvalue weighted by atomic mass is 16.4. The number of rotatable bonds is 11. The van der Waals surface area contributed by atoms with E-state index in [1.165, 1.54) is 0 Å². The predicted molar refractivity (Wildman–Crippen MR) is 115 cm³/mol. The normalized spacial score (nSPS) is 14.9. The lowest BCUT2D eigenvalue weighted by Crippen LogP contribution is -2.36. The van der Waals surface area contributed by atoms with Crippen molar-refractivity contribution in [3.8, 4) is 0 Å². The van der Waals surface area contributed by atoms with Crippen LogP contribution in [0.3, 0.4) is 0 Å². The molecule has 0 aliphatic rings. The maximum atomic E-state index is 10.2. The van der Waals surface area contributed by atoms with E-state index in [-0.39, 0.29) is 17.8 Å². The Balaban J connectivity index is -0.000000371. The minimum Gasteiger partial charge on any atom is -0.480 e. The molecule has 5 atom stereocenters. The molecule has 0 rings (SSSR count). The van der Waals surface area contributed by atoms with Crippen molar-refractivity contribution in [2.45, 2.75) is 71.5 Å². The smallest absolute Gasteiger partial charge is 0.320 e. The first-order chi connectivity index (χ1) is 13.7. The van der Waals surface area contributed by atoms with Crippen molar-refractivity contribution >= 4 is 23.9 Å². The van der Waals surface area contributed by atoms with Gasteiger partial charge in [-0.3, -0.25) is 19.8 Å². The van der Waals surface area contributed by atoms with Crippen molar-refractivity contribution in [2.24, 2.45) is 34.8 Å². The van der Waals surface area contributed by atoms with Crippen molar-refractivity contribution < 1.29 is 29.7 Å². The fourth-order valence-electron chi connectivity index (χ4n) is 1.66. The Hall–Kier alpha value is -2.44. The van der Waals surface area contributed by atoms with E-state index in [4.69, 9.17) is 43.7 Å². The quantitative estimate of drug-likeness (QED) is 0.114. The van der Waals surface area contributed by atoms with Gasteiger partial charge in [-0.2, -0.15) is 0 Å². The van der Waals surface area contributed by atoms with Crippen molar-refractivity contribution in [3.05, 3.63) is 0 Å². The van der Waals surface area contributed by atoms with Gasteiger partial charge in [-0.15, -0.1) is 0 Å². The zero-order valence-electron chi connectivity index (χ0n) is 18.3. The van der Waals surface area contributed by atoms with Gasteiger partial charge in [0.15, 0.2) is 5.96 Å². The molecule has 5 unspecified atom stereocenters. The van der Waals surface area contributed by atoms with Gasteiger partial charge in [-0.1, -0.05) is 40.5 Å². The van der Waals surface area contributed by atoms with Gasteiger partial charge in [-0.25, -0.2) is 0 Å². The van der Waals surface area contributed by atoms with Gasteiger partial charge in [0.1, 0.15) is 18.1 Å². The van der Waals surface area contributed by atoms with Gasteiger partial charge in [0, 0.05) is 6.54 Å². The first-order valence-corrected chi connectivity index (χ1v) is 9.75. The number of hydrogen-bond donors (Lipinski definition) is 9. The molecule has 0 aromatic carbocycles. The number of carboxylic acid groups (broad SMARTS) is 3. The van der Waals surface area contributed by atoms with Gasteiger partial charge in [0.05, 0.1) is 0 Å². The molecule has 0 heterocycles. The molecule has 0 aliphatic heterocycles. The Bertz CT molecular complexity index is 493. The molecule has 0 spiro atoms.